The smallest absolute Gasteiger partial charge is 0.216 e. The minimum atomic E-state index is -3.43. The van der Waals surface area contributed by atoms with E-state index >= 15 is 0 Å². The average Bonchev–Trinajstić information content (AvgIpc) is 3.02. The topological polar surface area (TPSA) is 73.9 Å². The molecule has 21 heavy (non-hydrogen) atoms. The van der Waals surface area contributed by atoms with E-state index in [0.717, 1.165) is 5.56 Å². The molecule has 0 unspecified atom stereocenters. The summed E-state index contributed by atoms with van der Waals surface area (Å²) in [5.74, 6) is -0.0462. The summed E-state index contributed by atoms with van der Waals surface area (Å²) in [6.45, 7) is 0.742. The van der Waals surface area contributed by atoms with Crippen LogP contribution in [-0.4, -0.2) is 53.1 Å². The van der Waals surface area contributed by atoms with Gasteiger partial charge in [0.2, 0.25) is 10.0 Å². The lowest BCUT2D eigenvalue weighted by Gasteiger charge is -2.17. The van der Waals surface area contributed by atoms with E-state index in [9.17, 15) is 8.42 Å². The van der Waals surface area contributed by atoms with Crippen LogP contribution in [0.2, 0.25) is 0 Å². The first-order valence-corrected chi connectivity index (χ1v) is 8.54. The molecule has 4 atom stereocenters. The third kappa shape index (κ3) is 3.27. The average molecular weight is 313 g/mol. The van der Waals surface area contributed by atoms with Gasteiger partial charge in [-0.2, -0.15) is 0 Å². The van der Waals surface area contributed by atoms with Crippen LogP contribution < -0.4 is 4.72 Å². The van der Waals surface area contributed by atoms with E-state index in [-0.39, 0.29) is 30.1 Å². The Balaban J connectivity index is 1.64. The number of methoxy groups -OCH3 is 1. The summed E-state index contributed by atoms with van der Waals surface area (Å²) in [4.78, 5) is 0. The molecule has 2 saturated heterocycles. The Kier molecular flexibility index (Phi) is 4.28. The van der Waals surface area contributed by atoms with Crippen molar-refractivity contribution in [3.63, 3.8) is 0 Å². The van der Waals surface area contributed by atoms with Crippen LogP contribution >= 0.6 is 0 Å². The van der Waals surface area contributed by atoms with Gasteiger partial charge in [0.25, 0.3) is 0 Å². The van der Waals surface area contributed by atoms with Gasteiger partial charge in [-0.15, -0.1) is 0 Å². The van der Waals surface area contributed by atoms with Gasteiger partial charge in [0.1, 0.15) is 18.3 Å². The highest BCUT2D eigenvalue weighted by atomic mass is 32.2. The Morgan fingerprint density at radius 3 is 2.62 bits per heavy atom. The number of rotatable bonds is 5. The van der Waals surface area contributed by atoms with Crippen molar-refractivity contribution in [3.05, 3.63) is 35.9 Å². The lowest BCUT2D eigenvalue weighted by Crippen LogP contribution is -2.44. The number of sulfonamides is 1. The summed E-state index contributed by atoms with van der Waals surface area (Å²) in [5, 5.41) is 0. The monoisotopic (exact) mass is 313 g/mol. The zero-order chi connectivity index (χ0) is 14.9. The SMILES string of the molecule is CO[C@@H]1CO[C@H]2[C@@H]1OC[C@@H]2NS(=O)(=O)Cc1ccccc1. The highest BCUT2D eigenvalue weighted by Gasteiger charge is 2.48. The molecule has 0 aromatic heterocycles. The van der Waals surface area contributed by atoms with Crippen molar-refractivity contribution in [2.45, 2.75) is 30.1 Å². The van der Waals surface area contributed by atoms with Gasteiger partial charge < -0.3 is 14.2 Å². The molecule has 0 aliphatic carbocycles. The quantitative estimate of drug-likeness (QED) is 0.845. The third-order valence-corrected chi connectivity index (χ3v) is 5.22. The maximum Gasteiger partial charge on any atom is 0.216 e. The maximum absolute atomic E-state index is 12.2. The van der Waals surface area contributed by atoms with Crippen LogP contribution in [0.4, 0.5) is 0 Å². The zero-order valence-electron chi connectivity index (χ0n) is 11.8. The number of nitrogens with one attached hydrogen (secondary N) is 1. The molecule has 116 valence electrons. The molecule has 3 rings (SSSR count). The van der Waals surface area contributed by atoms with Crippen LogP contribution in [0.5, 0.6) is 0 Å². The molecular formula is C14H19NO5S. The van der Waals surface area contributed by atoms with Gasteiger partial charge in [-0.1, -0.05) is 30.3 Å². The fourth-order valence-electron chi connectivity index (χ4n) is 2.83. The number of fused-ring (bicyclic) bond motifs is 1. The van der Waals surface area contributed by atoms with Crippen molar-refractivity contribution in [2.24, 2.45) is 0 Å². The second-order valence-corrected chi connectivity index (χ2v) is 7.09. The lowest BCUT2D eigenvalue weighted by molar-refractivity contribution is -0.00795. The molecule has 1 aromatic rings. The molecule has 0 amide bonds. The normalized spacial score (nSPS) is 32.2. The molecule has 7 heteroatoms. The first-order valence-electron chi connectivity index (χ1n) is 6.89. The van der Waals surface area contributed by atoms with Crippen molar-refractivity contribution in [3.8, 4) is 0 Å². The van der Waals surface area contributed by atoms with Crippen LogP contribution in [-0.2, 0) is 30.0 Å². The summed E-state index contributed by atoms with van der Waals surface area (Å²) in [5.41, 5.74) is 0.752. The summed E-state index contributed by atoms with van der Waals surface area (Å²) in [6.07, 6.45) is -0.599. The second kappa shape index (κ2) is 6.02. The van der Waals surface area contributed by atoms with Crippen molar-refractivity contribution in [2.75, 3.05) is 20.3 Å². The van der Waals surface area contributed by atoms with E-state index < -0.39 is 10.0 Å². The van der Waals surface area contributed by atoms with Crippen LogP contribution in [0.1, 0.15) is 5.56 Å². The molecule has 2 fully saturated rings. The van der Waals surface area contributed by atoms with Crippen molar-refractivity contribution < 1.29 is 22.6 Å². The molecule has 2 heterocycles. The van der Waals surface area contributed by atoms with Crippen LogP contribution in [0.25, 0.3) is 0 Å². The van der Waals surface area contributed by atoms with E-state index in [2.05, 4.69) is 4.72 Å². The predicted molar refractivity (Wildman–Crippen MR) is 76.3 cm³/mol. The molecular weight excluding hydrogens is 294 g/mol. The van der Waals surface area contributed by atoms with Gasteiger partial charge in [0.05, 0.1) is 25.0 Å². The summed E-state index contributed by atoms with van der Waals surface area (Å²) in [7, 11) is -1.83. The molecule has 1 aromatic carbocycles. The number of hydrogen-bond donors (Lipinski definition) is 1. The van der Waals surface area contributed by atoms with Crippen LogP contribution in [0, 0.1) is 0 Å². The zero-order valence-corrected chi connectivity index (χ0v) is 12.6. The fraction of sp³-hybridized carbons (Fsp3) is 0.571. The van der Waals surface area contributed by atoms with Gasteiger partial charge in [-0.3, -0.25) is 0 Å². The van der Waals surface area contributed by atoms with E-state index in [1.165, 1.54) is 0 Å². The van der Waals surface area contributed by atoms with Gasteiger partial charge in [-0.25, -0.2) is 13.1 Å². The molecule has 1 N–H and O–H groups in total. The van der Waals surface area contributed by atoms with Crippen LogP contribution in [0.15, 0.2) is 30.3 Å². The minimum absolute atomic E-state index is 0.0462. The first kappa shape index (κ1) is 14.9. The Hall–Kier alpha value is -0.990. The van der Waals surface area contributed by atoms with E-state index in [0.29, 0.717) is 13.2 Å². The van der Waals surface area contributed by atoms with Crippen molar-refractivity contribution in [1.29, 1.82) is 0 Å². The second-order valence-electron chi connectivity index (χ2n) is 5.34. The van der Waals surface area contributed by atoms with E-state index in [1.807, 2.05) is 18.2 Å². The van der Waals surface area contributed by atoms with Crippen LogP contribution in [0.3, 0.4) is 0 Å². The molecule has 0 radical (unpaired) electrons. The van der Waals surface area contributed by atoms with E-state index in [1.54, 1.807) is 19.2 Å². The Morgan fingerprint density at radius 1 is 1.19 bits per heavy atom. The third-order valence-electron chi connectivity index (χ3n) is 3.84. The summed E-state index contributed by atoms with van der Waals surface area (Å²) >= 11 is 0. The minimum Gasteiger partial charge on any atom is -0.376 e. The molecule has 6 nitrogen and oxygen atoms in total. The predicted octanol–water partition coefficient (Wildman–Crippen LogP) is 0.287. The van der Waals surface area contributed by atoms with Gasteiger partial charge in [0, 0.05) is 7.11 Å². The standard InChI is InChI=1S/C14H19NO5S/c1-18-12-8-20-13-11(7-19-14(12)13)15-21(16,17)9-10-5-3-2-4-6-10/h2-6,11-15H,7-9H2,1H3/t11-,12+,13+,14+/m0/s1. The Labute approximate surface area is 124 Å². The number of hydrogen-bond acceptors (Lipinski definition) is 5. The highest BCUT2D eigenvalue weighted by Crippen LogP contribution is 2.29. The molecule has 0 bridgehead atoms. The number of benzene rings is 1. The number of ether oxygens (including phenoxy) is 3. The van der Waals surface area contributed by atoms with Gasteiger partial charge in [0.15, 0.2) is 0 Å². The first-order chi connectivity index (χ1) is 10.1. The highest BCUT2D eigenvalue weighted by molar-refractivity contribution is 7.88. The Bertz CT molecular complexity index is 576. The molecule has 2 aliphatic heterocycles. The molecule has 0 saturated carbocycles. The largest absolute Gasteiger partial charge is 0.376 e. The van der Waals surface area contributed by atoms with E-state index in [4.69, 9.17) is 14.2 Å². The maximum atomic E-state index is 12.2. The fourth-order valence-corrected chi connectivity index (χ4v) is 4.21. The lowest BCUT2D eigenvalue weighted by atomic mass is 10.1. The molecule has 0 spiro atoms. The Morgan fingerprint density at radius 2 is 1.90 bits per heavy atom. The van der Waals surface area contributed by atoms with Crippen molar-refractivity contribution >= 4 is 10.0 Å². The summed E-state index contributed by atoms with van der Waals surface area (Å²) in [6, 6.07) is 8.73. The van der Waals surface area contributed by atoms with Crippen molar-refractivity contribution in [1.82, 2.24) is 4.72 Å². The summed E-state index contributed by atoms with van der Waals surface area (Å²) < 4.78 is 43.7. The van der Waals surface area contributed by atoms with Gasteiger partial charge in [-0.05, 0) is 5.56 Å². The molecule has 2 aliphatic rings. The van der Waals surface area contributed by atoms with Gasteiger partial charge >= 0.3 is 0 Å².